The van der Waals surface area contributed by atoms with Gasteiger partial charge in [-0.2, -0.15) is 0 Å². The Bertz CT molecular complexity index is 567. The number of hydrogen-bond donors (Lipinski definition) is 2. The molecule has 23 heavy (non-hydrogen) atoms. The zero-order chi connectivity index (χ0) is 17.0. The fraction of sp³-hybridized carbons (Fsp3) is 0.562. The first kappa shape index (κ1) is 17.1. The fourth-order valence-corrected chi connectivity index (χ4v) is 2.71. The molecule has 0 radical (unpaired) electrons. The zero-order valence-corrected chi connectivity index (χ0v) is 13.3. The van der Waals surface area contributed by atoms with Gasteiger partial charge in [0.1, 0.15) is 6.04 Å². The van der Waals surface area contributed by atoms with E-state index in [9.17, 15) is 14.4 Å². The SMILES string of the molecule is CC(C)C(NC(=O)c1ccco1)C(=O)N1CCC[C@H](C(=O)O)C1. The van der Waals surface area contributed by atoms with Gasteiger partial charge in [0.05, 0.1) is 12.2 Å². The van der Waals surface area contributed by atoms with Crippen molar-refractivity contribution >= 4 is 17.8 Å². The van der Waals surface area contributed by atoms with Crippen molar-refractivity contribution in [1.29, 1.82) is 0 Å². The largest absolute Gasteiger partial charge is 0.481 e. The highest BCUT2D eigenvalue weighted by Crippen LogP contribution is 2.19. The van der Waals surface area contributed by atoms with Crippen LogP contribution in [0.4, 0.5) is 0 Å². The quantitative estimate of drug-likeness (QED) is 0.852. The van der Waals surface area contributed by atoms with E-state index in [1.54, 1.807) is 6.07 Å². The summed E-state index contributed by atoms with van der Waals surface area (Å²) in [6.45, 7) is 4.38. The average Bonchev–Trinajstić information content (AvgIpc) is 3.06. The van der Waals surface area contributed by atoms with Crippen molar-refractivity contribution in [3.05, 3.63) is 24.2 Å². The number of piperidine rings is 1. The van der Waals surface area contributed by atoms with Gasteiger partial charge in [0, 0.05) is 13.1 Å². The Labute approximate surface area is 134 Å². The van der Waals surface area contributed by atoms with Gasteiger partial charge in [-0.25, -0.2) is 0 Å². The topological polar surface area (TPSA) is 99.9 Å². The lowest BCUT2D eigenvalue weighted by atomic mass is 9.95. The number of aliphatic carboxylic acids is 1. The van der Waals surface area contributed by atoms with Gasteiger partial charge in [0.15, 0.2) is 5.76 Å². The molecule has 2 rings (SSSR count). The van der Waals surface area contributed by atoms with Crippen LogP contribution >= 0.6 is 0 Å². The highest BCUT2D eigenvalue weighted by atomic mass is 16.4. The minimum atomic E-state index is -0.886. The Morgan fingerprint density at radius 3 is 2.70 bits per heavy atom. The van der Waals surface area contributed by atoms with Crippen LogP contribution in [0.5, 0.6) is 0 Å². The van der Waals surface area contributed by atoms with E-state index < -0.39 is 23.8 Å². The lowest BCUT2D eigenvalue weighted by Crippen LogP contribution is -2.54. The number of carboxylic acid groups (broad SMARTS) is 1. The van der Waals surface area contributed by atoms with E-state index in [4.69, 9.17) is 9.52 Å². The second-order valence-electron chi connectivity index (χ2n) is 6.13. The van der Waals surface area contributed by atoms with Crippen LogP contribution in [0.15, 0.2) is 22.8 Å². The van der Waals surface area contributed by atoms with Crippen molar-refractivity contribution in [2.75, 3.05) is 13.1 Å². The van der Waals surface area contributed by atoms with Gasteiger partial charge in [0.2, 0.25) is 5.91 Å². The fourth-order valence-electron chi connectivity index (χ4n) is 2.71. The number of carbonyl (C=O) groups excluding carboxylic acids is 2. The minimum absolute atomic E-state index is 0.119. The zero-order valence-electron chi connectivity index (χ0n) is 13.3. The maximum absolute atomic E-state index is 12.7. The maximum Gasteiger partial charge on any atom is 0.308 e. The van der Waals surface area contributed by atoms with E-state index in [0.29, 0.717) is 19.4 Å². The molecule has 2 amide bonds. The number of nitrogens with zero attached hydrogens (tertiary/aromatic N) is 1. The summed E-state index contributed by atoms with van der Waals surface area (Å²) in [4.78, 5) is 37.5. The standard InChI is InChI=1S/C16H22N2O5/c1-10(2)13(17-14(19)12-6-4-8-23-12)15(20)18-7-3-5-11(9-18)16(21)22/h4,6,8,10-11,13H,3,5,7,9H2,1-2H3,(H,17,19)(H,21,22)/t11-,13?/m0/s1. The van der Waals surface area contributed by atoms with Gasteiger partial charge in [-0.3, -0.25) is 14.4 Å². The molecule has 1 aromatic rings. The summed E-state index contributed by atoms with van der Waals surface area (Å²) in [5, 5.41) is 11.8. The van der Waals surface area contributed by atoms with Crippen LogP contribution in [-0.4, -0.2) is 46.9 Å². The van der Waals surface area contributed by atoms with Crippen molar-refractivity contribution in [3.8, 4) is 0 Å². The van der Waals surface area contributed by atoms with Crippen molar-refractivity contribution in [2.24, 2.45) is 11.8 Å². The van der Waals surface area contributed by atoms with Crippen molar-refractivity contribution < 1.29 is 23.9 Å². The highest BCUT2D eigenvalue weighted by Gasteiger charge is 2.34. The lowest BCUT2D eigenvalue weighted by molar-refractivity contribution is -0.146. The molecule has 2 atom stereocenters. The van der Waals surface area contributed by atoms with E-state index in [1.165, 1.54) is 17.2 Å². The molecule has 1 aromatic heterocycles. The number of nitrogens with one attached hydrogen (secondary N) is 1. The van der Waals surface area contributed by atoms with Gasteiger partial charge in [-0.05, 0) is 30.9 Å². The van der Waals surface area contributed by atoms with Crippen molar-refractivity contribution in [1.82, 2.24) is 10.2 Å². The average molecular weight is 322 g/mol. The molecule has 1 aliphatic heterocycles. The minimum Gasteiger partial charge on any atom is -0.481 e. The van der Waals surface area contributed by atoms with Crippen molar-refractivity contribution in [2.45, 2.75) is 32.7 Å². The summed E-state index contributed by atoms with van der Waals surface area (Å²) in [6.07, 6.45) is 2.62. The maximum atomic E-state index is 12.7. The Morgan fingerprint density at radius 2 is 2.13 bits per heavy atom. The van der Waals surface area contributed by atoms with Crippen LogP contribution in [0, 0.1) is 11.8 Å². The summed E-state index contributed by atoms with van der Waals surface area (Å²) in [6, 6.07) is 2.42. The van der Waals surface area contributed by atoms with E-state index >= 15 is 0 Å². The van der Waals surface area contributed by atoms with Crippen LogP contribution in [-0.2, 0) is 9.59 Å². The smallest absolute Gasteiger partial charge is 0.308 e. The third-order valence-corrected chi connectivity index (χ3v) is 4.05. The molecule has 1 saturated heterocycles. The van der Waals surface area contributed by atoms with Crippen LogP contribution in [0.3, 0.4) is 0 Å². The number of carbonyl (C=O) groups is 3. The summed E-state index contributed by atoms with van der Waals surface area (Å²) in [7, 11) is 0. The normalized spacial score (nSPS) is 19.4. The van der Waals surface area contributed by atoms with Crippen LogP contribution < -0.4 is 5.32 Å². The Kier molecular flexibility index (Phi) is 5.41. The lowest BCUT2D eigenvalue weighted by Gasteiger charge is -2.34. The molecule has 1 fully saturated rings. The molecule has 0 spiro atoms. The first-order valence-electron chi connectivity index (χ1n) is 7.76. The Morgan fingerprint density at radius 1 is 1.39 bits per heavy atom. The number of furan rings is 1. The first-order chi connectivity index (χ1) is 10.9. The molecule has 1 aliphatic rings. The van der Waals surface area contributed by atoms with Gasteiger partial charge >= 0.3 is 5.97 Å². The third-order valence-electron chi connectivity index (χ3n) is 4.05. The summed E-state index contributed by atoms with van der Waals surface area (Å²) in [5.74, 6) is -2.10. The van der Waals surface area contributed by atoms with Crippen molar-refractivity contribution in [3.63, 3.8) is 0 Å². The Balaban J connectivity index is 2.06. The number of hydrogen-bond acceptors (Lipinski definition) is 4. The number of rotatable bonds is 5. The summed E-state index contributed by atoms with van der Waals surface area (Å²) in [5.41, 5.74) is 0. The molecular formula is C16H22N2O5. The predicted molar refractivity (Wildman–Crippen MR) is 81.7 cm³/mol. The first-order valence-corrected chi connectivity index (χ1v) is 7.76. The van der Waals surface area contributed by atoms with Crippen LogP contribution in [0.2, 0.25) is 0 Å². The molecule has 0 aromatic carbocycles. The van der Waals surface area contributed by atoms with Gasteiger partial charge in [-0.15, -0.1) is 0 Å². The Hall–Kier alpha value is -2.31. The number of carboxylic acids is 1. The highest BCUT2D eigenvalue weighted by molar-refractivity contribution is 5.95. The molecule has 1 unspecified atom stereocenters. The predicted octanol–water partition coefficient (Wildman–Crippen LogP) is 1.36. The number of amides is 2. The van der Waals surface area contributed by atoms with Gasteiger partial charge in [-0.1, -0.05) is 13.8 Å². The van der Waals surface area contributed by atoms with Crippen LogP contribution in [0.1, 0.15) is 37.2 Å². The summed E-state index contributed by atoms with van der Waals surface area (Å²) >= 11 is 0. The molecule has 126 valence electrons. The van der Waals surface area contributed by atoms with Gasteiger partial charge in [0.25, 0.3) is 5.91 Å². The monoisotopic (exact) mass is 322 g/mol. The molecule has 0 saturated carbocycles. The molecule has 2 heterocycles. The molecule has 0 bridgehead atoms. The molecule has 2 N–H and O–H groups in total. The second kappa shape index (κ2) is 7.30. The van der Waals surface area contributed by atoms with E-state index in [1.807, 2.05) is 13.8 Å². The van der Waals surface area contributed by atoms with E-state index in [-0.39, 0.29) is 24.1 Å². The second-order valence-corrected chi connectivity index (χ2v) is 6.13. The van der Waals surface area contributed by atoms with Gasteiger partial charge < -0.3 is 19.7 Å². The molecule has 7 heteroatoms. The van der Waals surface area contributed by atoms with Crippen LogP contribution in [0.25, 0.3) is 0 Å². The molecular weight excluding hydrogens is 300 g/mol. The third kappa shape index (κ3) is 4.12. The van der Waals surface area contributed by atoms with E-state index in [2.05, 4.69) is 5.32 Å². The summed E-state index contributed by atoms with van der Waals surface area (Å²) < 4.78 is 5.03. The molecule has 7 nitrogen and oxygen atoms in total. The van der Waals surface area contributed by atoms with E-state index in [0.717, 1.165) is 0 Å². The number of likely N-dealkylation sites (tertiary alicyclic amines) is 1. The molecule has 0 aliphatic carbocycles.